The second kappa shape index (κ2) is 7.36. The molecule has 2 aromatic rings. The topological polar surface area (TPSA) is 47.6 Å². The average molecular weight is 364 g/mol. The number of carbonyl (C=O) groups excluding carboxylic acids is 1. The molecular weight excluding hydrogens is 346 g/mol. The second-order valence-corrected chi connectivity index (χ2v) is 6.73. The summed E-state index contributed by atoms with van der Waals surface area (Å²) in [6.45, 7) is 3.02. The van der Waals surface area contributed by atoms with E-state index in [1.54, 1.807) is 23.9 Å². The van der Waals surface area contributed by atoms with Crippen LogP contribution < -0.4 is 14.8 Å². The fourth-order valence-corrected chi connectivity index (χ4v) is 3.14. The van der Waals surface area contributed by atoms with Gasteiger partial charge in [-0.25, -0.2) is 0 Å². The van der Waals surface area contributed by atoms with Gasteiger partial charge in [0, 0.05) is 4.90 Å². The monoisotopic (exact) mass is 363 g/mol. The Kier molecular flexibility index (Phi) is 5.21. The molecule has 126 valence electrons. The minimum atomic E-state index is -0.196. The molecule has 6 heteroatoms. The van der Waals surface area contributed by atoms with Gasteiger partial charge in [-0.15, -0.1) is 11.8 Å². The average Bonchev–Trinajstić information content (AvgIpc) is 2.61. The van der Waals surface area contributed by atoms with Gasteiger partial charge in [0.05, 0.1) is 16.6 Å². The number of fused-ring (bicyclic) bond motifs is 1. The maximum Gasteiger partial charge on any atom is 0.253 e. The first-order valence-electron chi connectivity index (χ1n) is 7.62. The molecule has 24 heavy (non-hydrogen) atoms. The van der Waals surface area contributed by atoms with Crippen LogP contribution in [0.4, 0.5) is 0 Å². The lowest BCUT2D eigenvalue weighted by atomic mass is 10.1. The number of amides is 1. The molecule has 1 amide bonds. The van der Waals surface area contributed by atoms with E-state index in [9.17, 15) is 4.79 Å². The van der Waals surface area contributed by atoms with Crippen LogP contribution >= 0.6 is 23.4 Å². The van der Waals surface area contributed by atoms with Crippen LogP contribution in [0.5, 0.6) is 11.5 Å². The Balaban J connectivity index is 1.77. The van der Waals surface area contributed by atoms with Crippen molar-refractivity contribution in [2.45, 2.75) is 17.9 Å². The molecule has 0 radical (unpaired) electrons. The molecule has 0 saturated carbocycles. The minimum Gasteiger partial charge on any atom is -0.486 e. The van der Waals surface area contributed by atoms with E-state index in [-0.39, 0.29) is 11.9 Å². The lowest BCUT2D eigenvalue weighted by molar-refractivity contribution is 0.0939. The van der Waals surface area contributed by atoms with Crippen molar-refractivity contribution in [3.63, 3.8) is 0 Å². The Morgan fingerprint density at radius 1 is 1.17 bits per heavy atom. The predicted octanol–water partition coefficient (Wildman–Crippen LogP) is 4.32. The first kappa shape index (κ1) is 17.0. The molecule has 0 aromatic heterocycles. The number of hydrogen-bond donors (Lipinski definition) is 1. The third kappa shape index (κ3) is 3.62. The summed E-state index contributed by atoms with van der Waals surface area (Å²) in [6.07, 6.45) is 1.96. The molecule has 1 aliphatic heterocycles. The molecule has 0 bridgehead atoms. The molecule has 1 heterocycles. The minimum absolute atomic E-state index is 0.178. The molecular formula is C18H18ClNO3S. The molecule has 1 aliphatic rings. The van der Waals surface area contributed by atoms with E-state index in [1.165, 1.54) is 0 Å². The second-order valence-electron chi connectivity index (χ2n) is 5.44. The number of thioether (sulfide) groups is 1. The molecule has 0 spiro atoms. The number of rotatable bonds is 4. The van der Waals surface area contributed by atoms with Gasteiger partial charge in [0.1, 0.15) is 13.2 Å². The van der Waals surface area contributed by atoms with E-state index in [0.717, 1.165) is 16.2 Å². The van der Waals surface area contributed by atoms with E-state index in [4.69, 9.17) is 21.1 Å². The van der Waals surface area contributed by atoms with Crippen molar-refractivity contribution in [3.05, 3.63) is 52.5 Å². The maximum absolute atomic E-state index is 12.5. The predicted molar refractivity (Wildman–Crippen MR) is 96.5 cm³/mol. The van der Waals surface area contributed by atoms with Crippen molar-refractivity contribution in [2.24, 2.45) is 0 Å². The summed E-state index contributed by atoms with van der Waals surface area (Å²) in [6, 6.07) is 11.0. The van der Waals surface area contributed by atoms with Crippen molar-refractivity contribution in [1.82, 2.24) is 5.32 Å². The first-order chi connectivity index (χ1) is 11.6. The Morgan fingerprint density at radius 3 is 2.67 bits per heavy atom. The van der Waals surface area contributed by atoms with Gasteiger partial charge in [0.25, 0.3) is 5.91 Å². The molecule has 4 nitrogen and oxygen atoms in total. The van der Waals surface area contributed by atoms with E-state index in [2.05, 4.69) is 5.32 Å². The highest BCUT2D eigenvalue weighted by atomic mass is 35.5. The van der Waals surface area contributed by atoms with Crippen molar-refractivity contribution in [2.75, 3.05) is 19.5 Å². The summed E-state index contributed by atoms with van der Waals surface area (Å²) in [7, 11) is 0. The fraction of sp³-hybridized carbons (Fsp3) is 0.278. The zero-order valence-electron chi connectivity index (χ0n) is 13.5. The van der Waals surface area contributed by atoms with Gasteiger partial charge in [0.2, 0.25) is 0 Å². The first-order valence-corrected chi connectivity index (χ1v) is 9.22. The molecule has 1 unspecified atom stereocenters. The van der Waals surface area contributed by atoms with Crippen LogP contribution in [-0.4, -0.2) is 25.4 Å². The quantitative estimate of drug-likeness (QED) is 0.821. The van der Waals surface area contributed by atoms with Crippen LogP contribution in [0.25, 0.3) is 0 Å². The number of carbonyl (C=O) groups is 1. The van der Waals surface area contributed by atoms with Crippen LogP contribution in [0.3, 0.4) is 0 Å². The fourth-order valence-electron chi connectivity index (χ4n) is 2.49. The normalized spacial score (nSPS) is 14.1. The summed E-state index contributed by atoms with van der Waals surface area (Å²) < 4.78 is 11.1. The van der Waals surface area contributed by atoms with E-state index in [0.29, 0.717) is 29.5 Å². The third-order valence-electron chi connectivity index (χ3n) is 3.83. The Hall–Kier alpha value is -1.85. The van der Waals surface area contributed by atoms with Gasteiger partial charge < -0.3 is 14.8 Å². The van der Waals surface area contributed by atoms with Crippen LogP contribution in [0.1, 0.15) is 28.9 Å². The van der Waals surface area contributed by atoms with E-state index >= 15 is 0 Å². The smallest absolute Gasteiger partial charge is 0.253 e. The van der Waals surface area contributed by atoms with Crippen LogP contribution in [0.2, 0.25) is 5.02 Å². The highest BCUT2D eigenvalue weighted by Crippen LogP contribution is 2.32. The highest BCUT2D eigenvalue weighted by molar-refractivity contribution is 7.98. The SMILES string of the molecule is CSc1ccc(Cl)c(C(=O)NC(C)c2ccc3c(c2)OCCO3)c1. The van der Waals surface area contributed by atoms with Gasteiger partial charge in [-0.2, -0.15) is 0 Å². The molecule has 1 N–H and O–H groups in total. The maximum atomic E-state index is 12.5. The molecule has 0 saturated heterocycles. The van der Waals surface area contributed by atoms with E-state index in [1.807, 2.05) is 37.4 Å². The van der Waals surface area contributed by atoms with Gasteiger partial charge in [-0.05, 0) is 49.1 Å². The Labute approximate surface area is 150 Å². The number of halogens is 1. The standard InChI is InChI=1S/C18H18ClNO3S/c1-11(12-3-6-16-17(9-12)23-8-7-22-16)20-18(21)14-10-13(24-2)4-5-15(14)19/h3-6,9-11H,7-8H2,1-2H3,(H,20,21). The number of benzene rings is 2. The van der Waals surface area contributed by atoms with Crippen molar-refractivity contribution in [1.29, 1.82) is 0 Å². The van der Waals surface area contributed by atoms with Crippen LogP contribution in [-0.2, 0) is 0 Å². The summed E-state index contributed by atoms with van der Waals surface area (Å²) >= 11 is 7.74. The summed E-state index contributed by atoms with van der Waals surface area (Å²) in [5, 5.41) is 3.43. The van der Waals surface area contributed by atoms with Gasteiger partial charge >= 0.3 is 0 Å². The highest BCUT2D eigenvalue weighted by Gasteiger charge is 2.18. The molecule has 0 fully saturated rings. The van der Waals surface area contributed by atoms with Gasteiger partial charge in [0.15, 0.2) is 11.5 Å². The molecule has 2 aromatic carbocycles. The van der Waals surface area contributed by atoms with Crippen LogP contribution in [0, 0.1) is 0 Å². The lowest BCUT2D eigenvalue weighted by Gasteiger charge is -2.21. The molecule has 3 rings (SSSR count). The summed E-state index contributed by atoms with van der Waals surface area (Å²) in [4.78, 5) is 13.5. The van der Waals surface area contributed by atoms with Crippen molar-refractivity contribution >= 4 is 29.3 Å². The zero-order chi connectivity index (χ0) is 17.1. The van der Waals surface area contributed by atoms with Crippen LogP contribution in [0.15, 0.2) is 41.3 Å². The Bertz CT molecular complexity index is 766. The molecule has 0 aliphatic carbocycles. The van der Waals surface area contributed by atoms with E-state index < -0.39 is 0 Å². The number of nitrogens with one attached hydrogen (secondary N) is 1. The van der Waals surface area contributed by atoms with Gasteiger partial charge in [-0.1, -0.05) is 17.7 Å². The van der Waals surface area contributed by atoms with Gasteiger partial charge in [-0.3, -0.25) is 4.79 Å². The number of ether oxygens (including phenoxy) is 2. The molecule has 1 atom stereocenters. The van der Waals surface area contributed by atoms with Crippen molar-refractivity contribution < 1.29 is 14.3 Å². The third-order valence-corrected chi connectivity index (χ3v) is 4.89. The summed E-state index contributed by atoms with van der Waals surface area (Å²) in [5.41, 5.74) is 1.43. The largest absolute Gasteiger partial charge is 0.486 e. The summed E-state index contributed by atoms with van der Waals surface area (Å²) in [5.74, 6) is 1.25. The zero-order valence-corrected chi connectivity index (χ0v) is 15.0. The Morgan fingerprint density at radius 2 is 1.92 bits per heavy atom. The number of hydrogen-bond acceptors (Lipinski definition) is 4. The lowest BCUT2D eigenvalue weighted by Crippen LogP contribution is -2.27. The van der Waals surface area contributed by atoms with Crippen molar-refractivity contribution in [3.8, 4) is 11.5 Å².